The number of hydrogen-bond donors (Lipinski definition) is 3. The number of methoxy groups -OCH3 is 1. The Balaban J connectivity index is 4.69. The topological polar surface area (TPSA) is 65.9 Å². The molecule has 0 rings (SSSR count). The molecule has 0 unspecified atom stereocenters. The molecule has 0 radical (unpaired) electrons. The quantitative estimate of drug-likeness (QED) is 0.428. The van der Waals surface area contributed by atoms with Crippen LogP contribution in [0.3, 0.4) is 0 Å². The first-order valence-corrected chi connectivity index (χ1v) is 8.12. The van der Waals surface area contributed by atoms with Gasteiger partial charge in [-0.1, -0.05) is 26.7 Å². The zero-order valence-corrected chi connectivity index (χ0v) is 14.8. The van der Waals surface area contributed by atoms with Crippen molar-refractivity contribution in [1.29, 1.82) is 0 Å². The fourth-order valence-corrected chi connectivity index (χ4v) is 2.15. The van der Waals surface area contributed by atoms with E-state index in [2.05, 4.69) is 29.5 Å². The average Bonchev–Trinajstić information content (AvgIpc) is 2.42. The van der Waals surface area contributed by atoms with E-state index in [1.54, 1.807) is 7.11 Å². The number of rotatable bonds is 10. The Kier molecular flexibility index (Phi) is 9.62. The summed E-state index contributed by atoms with van der Waals surface area (Å²) in [7, 11) is 1.70. The van der Waals surface area contributed by atoms with Gasteiger partial charge in [-0.25, -0.2) is 0 Å². The molecule has 0 aromatic carbocycles. The van der Waals surface area contributed by atoms with Gasteiger partial charge < -0.3 is 20.5 Å². The van der Waals surface area contributed by atoms with Crippen molar-refractivity contribution in [3.63, 3.8) is 0 Å². The summed E-state index contributed by atoms with van der Waals surface area (Å²) >= 11 is 0. The highest BCUT2D eigenvalue weighted by Crippen LogP contribution is 2.19. The molecule has 0 atom stereocenters. The van der Waals surface area contributed by atoms with Gasteiger partial charge in [0.05, 0.1) is 17.7 Å². The highest BCUT2D eigenvalue weighted by molar-refractivity contribution is 5.79. The van der Waals surface area contributed by atoms with Crippen molar-refractivity contribution in [1.82, 2.24) is 10.6 Å². The van der Waals surface area contributed by atoms with Crippen molar-refractivity contribution in [3.05, 3.63) is 0 Å². The van der Waals surface area contributed by atoms with Crippen LogP contribution in [-0.4, -0.2) is 49.0 Å². The minimum Gasteiger partial charge on any atom is -0.388 e. The minimum absolute atomic E-state index is 0.251. The molecule has 0 bridgehead atoms. The molecule has 0 spiro atoms. The molecule has 126 valence electrons. The van der Waals surface area contributed by atoms with Crippen LogP contribution in [0.5, 0.6) is 0 Å². The second-order valence-corrected chi connectivity index (χ2v) is 6.24. The van der Waals surface area contributed by atoms with Gasteiger partial charge in [-0.3, -0.25) is 4.99 Å². The summed E-state index contributed by atoms with van der Waals surface area (Å²) in [5, 5.41) is 17.1. The summed E-state index contributed by atoms with van der Waals surface area (Å²) in [6.45, 7) is 12.1. The van der Waals surface area contributed by atoms with E-state index in [1.165, 1.54) is 0 Å². The Morgan fingerprint density at radius 1 is 1.10 bits per heavy atom. The number of ether oxygens (including phenoxy) is 1. The SMILES string of the molecule is CCCC(O)(CCC)CN=C(NCC)NCC(C)(C)OC. The van der Waals surface area contributed by atoms with Crippen molar-refractivity contribution in [3.8, 4) is 0 Å². The third-order valence-electron chi connectivity index (χ3n) is 3.54. The fraction of sp³-hybridized carbons (Fsp3) is 0.938. The molecule has 0 aromatic rings. The maximum Gasteiger partial charge on any atom is 0.191 e. The van der Waals surface area contributed by atoms with E-state index in [9.17, 15) is 5.11 Å². The Hall–Kier alpha value is -0.810. The summed E-state index contributed by atoms with van der Waals surface area (Å²) in [4.78, 5) is 4.55. The number of nitrogens with zero attached hydrogens (tertiary/aromatic N) is 1. The maximum atomic E-state index is 10.6. The van der Waals surface area contributed by atoms with Gasteiger partial charge in [0, 0.05) is 20.2 Å². The van der Waals surface area contributed by atoms with Crippen molar-refractivity contribution in [2.24, 2.45) is 4.99 Å². The normalized spacial score (nSPS) is 13.4. The molecule has 0 aliphatic heterocycles. The number of aliphatic hydroxyl groups is 1. The van der Waals surface area contributed by atoms with Gasteiger partial charge in [-0.05, 0) is 33.6 Å². The predicted octanol–water partition coefficient (Wildman–Crippen LogP) is 2.30. The largest absolute Gasteiger partial charge is 0.388 e. The van der Waals surface area contributed by atoms with Gasteiger partial charge >= 0.3 is 0 Å². The summed E-state index contributed by atoms with van der Waals surface area (Å²) in [6.07, 6.45) is 3.50. The zero-order valence-electron chi connectivity index (χ0n) is 14.8. The van der Waals surface area contributed by atoms with E-state index in [0.717, 1.165) is 38.2 Å². The van der Waals surface area contributed by atoms with Crippen LogP contribution in [-0.2, 0) is 4.74 Å². The molecular weight excluding hydrogens is 266 g/mol. The fourth-order valence-electron chi connectivity index (χ4n) is 2.15. The standard InChI is InChI=1S/C16H35N3O2/c1-7-10-16(20,11-8-2)13-19-14(17-9-3)18-12-15(4,5)21-6/h20H,7-13H2,1-6H3,(H2,17,18,19). The van der Waals surface area contributed by atoms with Crippen LogP contribution in [0.25, 0.3) is 0 Å². The molecule has 0 aliphatic carbocycles. The number of hydrogen-bond acceptors (Lipinski definition) is 3. The maximum absolute atomic E-state index is 10.6. The van der Waals surface area contributed by atoms with Crippen LogP contribution in [0.2, 0.25) is 0 Å². The van der Waals surface area contributed by atoms with Crippen LogP contribution in [0, 0.1) is 0 Å². The van der Waals surface area contributed by atoms with E-state index >= 15 is 0 Å². The average molecular weight is 301 g/mol. The third kappa shape index (κ3) is 8.94. The van der Waals surface area contributed by atoms with Crippen molar-refractivity contribution in [2.75, 3.05) is 26.7 Å². The molecule has 0 aromatic heterocycles. The van der Waals surface area contributed by atoms with Crippen LogP contribution < -0.4 is 10.6 Å². The van der Waals surface area contributed by atoms with E-state index < -0.39 is 5.60 Å². The van der Waals surface area contributed by atoms with Gasteiger partial charge in [0.1, 0.15) is 0 Å². The lowest BCUT2D eigenvalue weighted by atomic mass is 9.93. The molecule has 5 nitrogen and oxygen atoms in total. The van der Waals surface area contributed by atoms with Crippen LogP contribution >= 0.6 is 0 Å². The predicted molar refractivity (Wildman–Crippen MR) is 89.8 cm³/mol. The van der Waals surface area contributed by atoms with E-state index in [1.807, 2.05) is 20.8 Å². The van der Waals surface area contributed by atoms with Crippen LogP contribution in [0.15, 0.2) is 4.99 Å². The first-order chi connectivity index (χ1) is 9.82. The number of guanidine groups is 1. The van der Waals surface area contributed by atoms with Gasteiger partial charge in [-0.15, -0.1) is 0 Å². The monoisotopic (exact) mass is 301 g/mol. The summed E-state index contributed by atoms with van der Waals surface area (Å²) in [5.74, 6) is 0.730. The summed E-state index contributed by atoms with van der Waals surface area (Å²) in [6, 6.07) is 0. The van der Waals surface area contributed by atoms with E-state index in [-0.39, 0.29) is 5.60 Å². The molecule has 0 saturated carbocycles. The number of nitrogens with one attached hydrogen (secondary N) is 2. The van der Waals surface area contributed by atoms with E-state index in [4.69, 9.17) is 4.74 Å². The molecule has 0 aliphatic rings. The molecule has 3 N–H and O–H groups in total. The van der Waals surface area contributed by atoms with Crippen molar-refractivity contribution in [2.45, 2.75) is 71.5 Å². The second kappa shape index (κ2) is 10.0. The number of aliphatic imine (C=N–C) groups is 1. The molecular formula is C16H35N3O2. The minimum atomic E-state index is -0.692. The lowest BCUT2D eigenvalue weighted by Gasteiger charge is -2.27. The van der Waals surface area contributed by atoms with Crippen molar-refractivity contribution >= 4 is 5.96 Å². The van der Waals surface area contributed by atoms with E-state index in [0.29, 0.717) is 13.1 Å². The first kappa shape index (κ1) is 20.2. The zero-order chi connectivity index (χ0) is 16.4. The first-order valence-electron chi connectivity index (χ1n) is 8.12. The molecule has 0 amide bonds. The molecule has 21 heavy (non-hydrogen) atoms. The second-order valence-electron chi connectivity index (χ2n) is 6.24. The highest BCUT2D eigenvalue weighted by Gasteiger charge is 2.24. The smallest absolute Gasteiger partial charge is 0.191 e. The Bertz CT molecular complexity index is 298. The Morgan fingerprint density at radius 2 is 1.67 bits per heavy atom. The van der Waals surface area contributed by atoms with Gasteiger partial charge in [0.25, 0.3) is 0 Å². The Labute approximate surface area is 130 Å². The summed E-state index contributed by atoms with van der Waals surface area (Å²) < 4.78 is 5.39. The highest BCUT2D eigenvalue weighted by atomic mass is 16.5. The molecule has 0 saturated heterocycles. The molecule has 5 heteroatoms. The lowest BCUT2D eigenvalue weighted by molar-refractivity contribution is 0.0262. The van der Waals surface area contributed by atoms with Gasteiger partial charge in [-0.2, -0.15) is 0 Å². The van der Waals surface area contributed by atoms with Crippen LogP contribution in [0.1, 0.15) is 60.3 Å². The van der Waals surface area contributed by atoms with Gasteiger partial charge in [0.15, 0.2) is 5.96 Å². The third-order valence-corrected chi connectivity index (χ3v) is 3.54. The van der Waals surface area contributed by atoms with Gasteiger partial charge in [0.2, 0.25) is 0 Å². The lowest BCUT2D eigenvalue weighted by Crippen LogP contribution is -2.46. The molecule has 0 fully saturated rings. The summed E-state index contributed by atoms with van der Waals surface area (Å²) in [5.41, 5.74) is -0.943. The molecule has 0 heterocycles. The van der Waals surface area contributed by atoms with Crippen molar-refractivity contribution < 1.29 is 9.84 Å². The van der Waals surface area contributed by atoms with Crippen LogP contribution in [0.4, 0.5) is 0 Å². The Morgan fingerprint density at radius 3 is 2.10 bits per heavy atom.